The largest absolute Gasteiger partial charge is 0.419 e. The number of aromatic amines is 1. The Bertz CT molecular complexity index is 455. The van der Waals surface area contributed by atoms with Crippen molar-refractivity contribution in [2.45, 2.75) is 57.9 Å². The van der Waals surface area contributed by atoms with E-state index in [4.69, 9.17) is 4.74 Å². The van der Waals surface area contributed by atoms with Gasteiger partial charge in [0, 0.05) is 12.5 Å². The number of aromatic nitrogens is 2. The van der Waals surface area contributed by atoms with Gasteiger partial charge in [-0.3, -0.25) is 19.4 Å². The molecule has 1 aliphatic carbocycles. The average Bonchev–Trinajstić information content (AvgIpc) is 2.72. The number of carbonyl (C=O) groups is 1. The van der Waals surface area contributed by atoms with Gasteiger partial charge in [-0.15, -0.1) is 0 Å². The molecule has 5 heteroatoms. The van der Waals surface area contributed by atoms with Gasteiger partial charge in [-0.25, -0.2) is 0 Å². The maximum Gasteiger partial charge on any atom is 0.311 e. The molecule has 1 saturated carbocycles. The summed E-state index contributed by atoms with van der Waals surface area (Å²) < 4.78 is 6.86. The summed E-state index contributed by atoms with van der Waals surface area (Å²) in [5.74, 6) is -0.219. The van der Waals surface area contributed by atoms with E-state index < -0.39 is 0 Å². The Balaban J connectivity index is 2.06. The maximum atomic E-state index is 11.7. The van der Waals surface area contributed by atoms with E-state index >= 15 is 0 Å². The molecule has 0 radical (unpaired) electrons. The van der Waals surface area contributed by atoms with Crippen molar-refractivity contribution >= 4 is 5.97 Å². The van der Waals surface area contributed by atoms with Crippen molar-refractivity contribution < 1.29 is 9.53 Å². The zero-order valence-corrected chi connectivity index (χ0v) is 10.8. The Morgan fingerprint density at radius 3 is 2.83 bits per heavy atom. The second kappa shape index (κ2) is 5.89. The predicted octanol–water partition coefficient (Wildman–Crippen LogP) is 2.39. The molecule has 1 aromatic rings. The highest BCUT2D eigenvalue weighted by molar-refractivity contribution is 5.71. The van der Waals surface area contributed by atoms with Crippen molar-refractivity contribution in [3.63, 3.8) is 0 Å². The fraction of sp³-hybridized carbons (Fsp3) is 0.692. The molecule has 1 fully saturated rings. The molecule has 0 bridgehead atoms. The van der Waals surface area contributed by atoms with Crippen molar-refractivity contribution in [3.8, 4) is 5.75 Å². The van der Waals surface area contributed by atoms with Gasteiger partial charge < -0.3 is 4.74 Å². The molecule has 0 saturated heterocycles. The fourth-order valence-electron chi connectivity index (χ4n) is 2.40. The van der Waals surface area contributed by atoms with Crippen molar-refractivity contribution in [2.75, 3.05) is 0 Å². The van der Waals surface area contributed by atoms with E-state index in [1.54, 1.807) is 10.9 Å². The monoisotopic (exact) mass is 252 g/mol. The molecule has 1 N–H and O–H groups in total. The van der Waals surface area contributed by atoms with Crippen LogP contribution < -0.4 is 10.3 Å². The Morgan fingerprint density at radius 1 is 1.44 bits per heavy atom. The average molecular weight is 252 g/mol. The van der Waals surface area contributed by atoms with Crippen LogP contribution in [0, 0.1) is 0 Å². The molecule has 0 aromatic carbocycles. The number of nitrogens with zero attached hydrogens (tertiary/aromatic N) is 1. The van der Waals surface area contributed by atoms with Gasteiger partial charge in [0.25, 0.3) is 0 Å². The second-order valence-electron chi connectivity index (χ2n) is 4.86. The van der Waals surface area contributed by atoms with E-state index in [0.717, 1.165) is 19.3 Å². The van der Waals surface area contributed by atoms with Gasteiger partial charge in [0.15, 0.2) is 0 Å². The number of ether oxygens (including phenoxy) is 1. The first-order valence-corrected chi connectivity index (χ1v) is 6.72. The first-order chi connectivity index (χ1) is 8.70. The highest BCUT2D eigenvalue weighted by Crippen LogP contribution is 2.27. The lowest BCUT2D eigenvalue weighted by Gasteiger charge is -2.22. The van der Waals surface area contributed by atoms with E-state index in [1.807, 2.05) is 6.92 Å². The Morgan fingerprint density at radius 2 is 2.17 bits per heavy atom. The minimum atomic E-state index is -0.343. The van der Waals surface area contributed by atoms with Gasteiger partial charge in [-0.2, -0.15) is 0 Å². The smallest absolute Gasteiger partial charge is 0.311 e. The van der Waals surface area contributed by atoms with Crippen LogP contribution in [0.5, 0.6) is 5.75 Å². The lowest BCUT2D eigenvalue weighted by molar-refractivity contribution is -0.134. The van der Waals surface area contributed by atoms with Gasteiger partial charge in [0.05, 0.1) is 6.20 Å². The van der Waals surface area contributed by atoms with Crippen LogP contribution in [0.1, 0.15) is 57.9 Å². The Kier molecular flexibility index (Phi) is 4.23. The summed E-state index contributed by atoms with van der Waals surface area (Å²) in [6.07, 6.45) is 8.49. The van der Waals surface area contributed by atoms with Crippen LogP contribution in [0.15, 0.2) is 11.0 Å². The number of nitrogens with one attached hydrogen (secondary N) is 1. The molecular weight excluding hydrogens is 232 g/mol. The van der Waals surface area contributed by atoms with Crippen LogP contribution in [0.4, 0.5) is 0 Å². The third-order valence-electron chi connectivity index (χ3n) is 3.36. The molecule has 0 spiro atoms. The number of H-pyrrole nitrogens is 1. The van der Waals surface area contributed by atoms with Crippen molar-refractivity contribution in [1.82, 2.24) is 9.78 Å². The fourth-order valence-corrected chi connectivity index (χ4v) is 2.40. The van der Waals surface area contributed by atoms with E-state index in [-0.39, 0.29) is 17.3 Å². The van der Waals surface area contributed by atoms with Gasteiger partial charge in [-0.1, -0.05) is 26.2 Å². The summed E-state index contributed by atoms with van der Waals surface area (Å²) in [5.41, 5.74) is -0.315. The summed E-state index contributed by atoms with van der Waals surface area (Å²) in [5, 5.41) is 2.75. The molecule has 2 rings (SSSR count). The predicted molar refractivity (Wildman–Crippen MR) is 67.7 cm³/mol. The first-order valence-electron chi connectivity index (χ1n) is 6.72. The molecule has 0 amide bonds. The zero-order valence-electron chi connectivity index (χ0n) is 10.8. The maximum absolute atomic E-state index is 11.7. The molecule has 1 heterocycles. The zero-order chi connectivity index (χ0) is 13.0. The third kappa shape index (κ3) is 3.03. The third-order valence-corrected chi connectivity index (χ3v) is 3.36. The van der Waals surface area contributed by atoms with E-state index in [1.165, 1.54) is 19.3 Å². The van der Waals surface area contributed by atoms with Crippen molar-refractivity contribution in [3.05, 3.63) is 16.6 Å². The minimum Gasteiger partial charge on any atom is -0.419 e. The van der Waals surface area contributed by atoms with E-state index in [0.29, 0.717) is 12.5 Å². The van der Waals surface area contributed by atoms with E-state index in [2.05, 4.69) is 5.10 Å². The molecule has 1 aromatic heterocycles. The van der Waals surface area contributed by atoms with Crippen molar-refractivity contribution in [1.29, 1.82) is 0 Å². The lowest BCUT2D eigenvalue weighted by Crippen LogP contribution is -2.16. The second-order valence-corrected chi connectivity index (χ2v) is 4.86. The summed E-state index contributed by atoms with van der Waals surface area (Å²) in [4.78, 5) is 23.0. The molecule has 18 heavy (non-hydrogen) atoms. The van der Waals surface area contributed by atoms with Gasteiger partial charge in [0.2, 0.25) is 5.75 Å². The van der Waals surface area contributed by atoms with Crippen LogP contribution >= 0.6 is 0 Å². The van der Waals surface area contributed by atoms with Gasteiger partial charge in [0.1, 0.15) is 0 Å². The summed E-state index contributed by atoms with van der Waals surface area (Å²) >= 11 is 0. The van der Waals surface area contributed by atoms with Crippen LogP contribution in [0.25, 0.3) is 0 Å². The molecule has 1 aliphatic rings. The first kappa shape index (κ1) is 12.9. The molecular formula is C13H20N2O3. The van der Waals surface area contributed by atoms with E-state index in [9.17, 15) is 9.59 Å². The van der Waals surface area contributed by atoms with Crippen LogP contribution in [0.3, 0.4) is 0 Å². The minimum absolute atomic E-state index is 0.124. The standard InChI is InChI=1S/C13H20N2O3/c1-2-6-12(16)18-11-9-15(14-13(11)17)10-7-4-3-5-8-10/h9-10H,2-8H2,1H3,(H,14,17). The summed E-state index contributed by atoms with van der Waals surface area (Å²) in [6.45, 7) is 1.90. The van der Waals surface area contributed by atoms with Crippen LogP contribution in [-0.4, -0.2) is 15.7 Å². The van der Waals surface area contributed by atoms with Crippen LogP contribution in [-0.2, 0) is 4.79 Å². The van der Waals surface area contributed by atoms with Crippen LogP contribution in [0.2, 0.25) is 0 Å². The summed E-state index contributed by atoms with van der Waals surface area (Å²) in [7, 11) is 0. The quantitative estimate of drug-likeness (QED) is 0.837. The molecule has 5 nitrogen and oxygen atoms in total. The number of hydrogen-bond acceptors (Lipinski definition) is 3. The lowest BCUT2D eigenvalue weighted by atomic mass is 9.96. The number of hydrogen-bond donors (Lipinski definition) is 1. The van der Waals surface area contributed by atoms with Crippen molar-refractivity contribution in [2.24, 2.45) is 0 Å². The molecule has 0 aliphatic heterocycles. The number of carbonyl (C=O) groups excluding carboxylic acids is 1. The Hall–Kier alpha value is -1.52. The van der Waals surface area contributed by atoms with Gasteiger partial charge >= 0.3 is 11.5 Å². The summed E-state index contributed by atoms with van der Waals surface area (Å²) in [6, 6.07) is 0.338. The SMILES string of the molecule is CCCC(=O)Oc1cn(C2CCCCC2)[nH]c1=O. The van der Waals surface area contributed by atoms with Gasteiger partial charge in [-0.05, 0) is 19.3 Å². The highest BCUT2D eigenvalue weighted by Gasteiger charge is 2.18. The highest BCUT2D eigenvalue weighted by atomic mass is 16.5. The Labute approximate surface area is 106 Å². The molecule has 0 unspecified atom stereocenters. The molecule has 0 atom stereocenters. The normalized spacial score (nSPS) is 16.7. The number of rotatable bonds is 4. The number of esters is 1. The topological polar surface area (TPSA) is 64.1 Å². The molecule has 100 valence electrons.